The number of likely N-dealkylation sites (N-methyl/N-ethyl adjacent to an activating group) is 1. The van der Waals surface area contributed by atoms with Crippen LogP contribution in [0.1, 0.15) is 1.43 Å². The van der Waals surface area contributed by atoms with E-state index in [1.165, 1.54) is 0 Å². The van der Waals surface area contributed by atoms with E-state index in [4.69, 9.17) is 15.3 Å². The highest BCUT2D eigenvalue weighted by atomic mass is 16.3. The van der Waals surface area contributed by atoms with Crippen molar-refractivity contribution in [2.45, 2.75) is 0 Å². The Labute approximate surface area is 68.8 Å². The van der Waals surface area contributed by atoms with Gasteiger partial charge in [0.15, 0.2) is 0 Å². The Morgan fingerprint density at radius 2 is 1.18 bits per heavy atom. The van der Waals surface area contributed by atoms with Gasteiger partial charge in [-0.05, 0) is 0 Å². The standard InChI is InChI=1S/C7H18NO3.H/c1-8(2-5-9,3-6-10)4-7-11;/h9-11H,2-7H2,1H3;/q+1;-1. The highest BCUT2D eigenvalue weighted by molar-refractivity contribution is 4.37. The van der Waals surface area contributed by atoms with Gasteiger partial charge >= 0.3 is 0 Å². The normalized spacial score (nSPS) is 12.0. The van der Waals surface area contributed by atoms with E-state index in [2.05, 4.69) is 0 Å². The molecule has 0 heterocycles. The molecule has 0 aliphatic rings. The van der Waals surface area contributed by atoms with Crippen LogP contribution in [0.4, 0.5) is 0 Å². The summed E-state index contributed by atoms with van der Waals surface area (Å²) in [6.45, 7) is 2.03. The quantitative estimate of drug-likeness (QED) is 0.421. The number of hydrogen-bond donors (Lipinski definition) is 3. The molecule has 0 aromatic rings. The second-order valence-corrected chi connectivity index (χ2v) is 2.96. The zero-order chi connectivity index (χ0) is 8.74. The number of rotatable bonds is 6. The summed E-state index contributed by atoms with van der Waals surface area (Å²) in [4.78, 5) is 0. The molecule has 0 fully saturated rings. The zero-order valence-corrected chi connectivity index (χ0v) is 7.03. The SMILES string of the molecule is C[N+](CCO)(CCO)CCO.[H-]. The van der Waals surface area contributed by atoms with Gasteiger partial charge in [0.1, 0.15) is 19.6 Å². The van der Waals surface area contributed by atoms with Crippen molar-refractivity contribution in [1.82, 2.24) is 0 Å². The van der Waals surface area contributed by atoms with Gasteiger partial charge in [-0.2, -0.15) is 0 Å². The summed E-state index contributed by atoms with van der Waals surface area (Å²) in [6, 6.07) is 0. The van der Waals surface area contributed by atoms with Crippen LogP contribution in [-0.4, -0.2) is 66.3 Å². The topological polar surface area (TPSA) is 60.7 Å². The molecular formula is C7H19NO3. The van der Waals surface area contributed by atoms with Gasteiger partial charge in [0.25, 0.3) is 0 Å². The lowest BCUT2D eigenvalue weighted by Gasteiger charge is -2.32. The van der Waals surface area contributed by atoms with Crippen molar-refractivity contribution in [3.8, 4) is 0 Å². The lowest BCUT2D eigenvalue weighted by molar-refractivity contribution is -0.910. The molecule has 0 rings (SSSR count). The molecule has 0 amide bonds. The Morgan fingerprint density at radius 3 is 1.36 bits per heavy atom. The van der Waals surface area contributed by atoms with Gasteiger partial charge in [0.05, 0.1) is 26.9 Å². The van der Waals surface area contributed by atoms with E-state index in [0.717, 1.165) is 0 Å². The van der Waals surface area contributed by atoms with Gasteiger partial charge in [-0.3, -0.25) is 0 Å². The summed E-state index contributed by atoms with van der Waals surface area (Å²) in [5.74, 6) is 0. The van der Waals surface area contributed by atoms with Gasteiger partial charge < -0.3 is 21.2 Å². The van der Waals surface area contributed by atoms with Crippen LogP contribution in [-0.2, 0) is 0 Å². The summed E-state index contributed by atoms with van der Waals surface area (Å²) in [5.41, 5.74) is 0. The largest absolute Gasteiger partial charge is 1.00 e. The Morgan fingerprint density at radius 1 is 0.909 bits per heavy atom. The molecule has 0 aromatic carbocycles. The van der Waals surface area contributed by atoms with Crippen LogP contribution >= 0.6 is 0 Å². The van der Waals surface area contributed by atoms with Gasteiger partial charge in [0.2, 0.25) is 0 Å². The van der Waals surface area contributed by atoms with E-state index in [1.54, 1.807) is 0 Å². The first kappa shape index (κ1) is 10.8. The molecule has 0 aliphatic carbocycles. The maximum Gasteiger partial charge on any atom is 0.102 e. The summed E-state index contributed by atoms with van der Waals surface area (Å²) in [5, 5.41) is 26.0. The third-order valence-electron chi connectivity index (χ3n) is 1.92. The molecule has 0 unspecified atom stereocenters. The smallest absolute Gasteiger partial charge is 0.102 e. The lowest BCUT2D eigenvalue weighted by Crippen LogP contribution is -2.49. The van der Waals surface area contributed by atoms with Crippen LogP contribution in [0.5, 0.6) is 0 Å². The van der Waals surface area contributed by atoms with Crippen molar-refractivity contribution in [1.29, 1.82) is 0 Å². The molecule has 0 spiro atoms. The zero-order valence-electron chi connectivity index (χ0n) is 8.03. The van der Waals surface area contributed by atoms with Crippen LogP contribution < -0.4 is 0 Å². The maximum absolute atomic E-state index is 8.68. The predicted octanol–water partition coefficient (Wildman–Crippen LogP) is -1.48. The van der Waals surface area contributed by atoms with Crippen LogP contribution in [0.2, 0.25) is 0 Å². The Hall–Kier alpha value is -0.160. The van der Waals surface area contributed by atoms with Gasteiger partial charge in [-0.15, -0.1) is 0 Å². The third kappa shape index (κ3) is 4.31. The van der Waals surface area contributed by atoms with E-state index in [1.807, 2.05) is 7.05 Å². The van der Waals surface area contributed by atoms with Crippen molar-refractivity contribution < 1.29 is 21.2 Å². The van der Waals surface area contributed by atoms with Crippen molar-refractivity contribution in [2.24, 2.45) is 0 Å². The molecule has 0 saturated heterocycles. The second-order valence-electron chi connectivity index (χ2n) is 2.96. The summed E-state index contributed by atoms with van der Waals surface area (Å²) >= 11 is 0. The van der Waals surface area contributed by atoms with E-state index in [-0.39, 0.29) is 21.2 Å². The molecule has 0 saturated carbocycles. The summed E-state index contributed by atoms with van der Waals surface area (Å²) in [7, 11) is 1.91. The molecule has 0 aliphatic heterocycles. The predicted molar refractivity (Wildman–Crippen MR) is 43.2 cm³/mol. The van der Waals surface area contributed by atoms with Crippen molar-refractivity contribution in [3.05, 3.63) is 0 Å². The molecule has 0 atom stereocenters. The highest BCUT2D eigenvalue weighted by Gasteiger charge is 2.18. The van der Waals surface area contributed by atoms with Gasteiger partial charge in [0, 0.05) is 0 Å². The number of quaternary nitrogens is 1. The molecule has 4 heteroatoms. The van der Waals surface area contributed by atoms with Crippen LogP contribution in [0.25, 0.3) is 0 Å². The molecular weight excluding hydrogens is 146 g/mol. The van der Waals surface area contributed by atoms with E-state index in [0.29, 0.717) is 24.1 Å². The third-order valence-corrected chi connectivity index (χ3v) is 1.92. The average Bonchev–Trinajstić information content (AvgIpc) is 1.88. The van der Waals surface area contributed by atoms with E-state index >= 15 is 0 Å². The molecule has 4 nitrogen and oxygen atoms in total. The first-order valence-corrected chi connectivity index (χ1v) is 3.84. The molecule has 11 heavy (non-hydrogen) atoms. The monoisotopic (exact) mass is 165 g/mol. The number of hydrogen-bond acceptors (Lipinski definition) is 3. The number of nitrogens with zero attached hydrogens (tertiary/aromatic N) is 1. The minimum atomic E-state index is 0. The Balaban J connectivity index is 0. The van der Waals surface area contributed by atoms with Crippen LogP contribution in [0.3, 0.4) is 0 Å². The lowest BCUT2D eigenvalue weighted by atomic mass is 10.4. The average molecular weight is 165 g/mol. The summed E-state index contributed by atoms with van der Waals surface area (Å²) in [6.07, 6.45) is 0. The minimum Gasteiger partial charge on any atom is -1.00 e. The summed E-state index contributed by atoms with van der Waals surface area (Å²) < 4.78 is 0.531. The molecule has 0 radical (unpaired) electrons. The Bertz CT molecular complexity index is 85.6. The highest BCUT2D eigenvalue weighted by Crippen LogP contribution is 1.99. The number of aliphatic hydroxyl groups excluding tert-OH is 3. The maximum atomic E-state index is 8.68. The minimum absolute atomic E-state index is 0. The van der Waals surface area contributed by atoms with Crippen LogP contribution in [0.15, 0.2) is 0 Å². The fourth-order valence-electron chi connectivity index (χ4n) is 1.06. The van der Waals surface area contributed by atoms with Crippen molar-refractivity contribution in [3.63, 3.8) is 0 Å². The molecule has 70 valence electrons. The first-order valence-electron chi connectivity index (χ1n) is 3.84. The molecule has 3 N–H and O–H groups in total. The van der Waals surface area contributed by atoms with Crippen molar-refractivity contribution in [2.75, 3.05) is 46.5 Å². The van der Waals surface area contributed by atoms with E-state index < -0.39 is 0 Å². The fourth-order valence-corrected chi connectivity index (χ4v) is 1.06. The molecule has 0 bridgehead atoms. The fraction of sp³-hybridized carbons (Fsp3) is 1.00. The van der Waals surface area contributed by atoms with Gasteiger partial charge in [-0.1, -0.05) is 0 Å². The van der Waals surface area contributed by atoms with Crippen LogP contribution in [0, 0.1) is 0 Å². The number of aliphatic hydroxyl groups is 3. The molecule has 0 aromatic heterocycles. The van der Waals surface area contributed by atoms with Gasteiger partial charge in [-0.25, -0.2) is 0 Å². The second kappa shape index (κ2) is 5.49. The van der Waals surface area contributed by atoms with Crippen molar-refractivity contribution >= 4 is 0 Å². The Kier molecular flexibility index (Phi) is 5.41. The van der Waals surface area contributed by atoms with E-state index in [9.17, 15) is 0 Å². The first-order chi connectivity index (χ1) is 5.18.